The summed E-state index contributed by atoms with van der Waals surface area (Å²) in [4.78, 5) is 11.5. The molecule has 1 aromatic carbocycles. The summed E-state index contributed by atoms with van der Waals surface area (Å²) < 4.78 is 46.9. The predicted octanol–water partition coefficient (Wildman–Crippen LogP) is 0.0281. The van der Waals surface area contributed by atoms with Crippen LogP contribution in [-0.2, 0) is 9.84 Å². The number of rotatable bonds is 5. The molecular formula is C11H14F2N2O4S. The fourth-order valence-corrected chi connectivity index (χ4v) is 2.05. The second kappa shape index (κ2) is 6.14. The van der Waals surface area contributed by atoms with Gasteiger partial charge in [0.25, 0.3) is 12.3 Å². The van der Waals surface area contributed by atoms with E-state index in [4.69, 9.17) is 10.8 Å². The molecule has 6 nitrogen and oxygen atoms in total. The Kier molecular flexibility index (Phi) is 5.01. The molecule has 1 amide bonds. The molecular weight excluding hydrogens is 294 g/mol. The van der Waals surface area contributed by atoms with Gasteiger partial charge < -0.3 is 16.2 Å². The molecule has 1 aromatic rings. The van der Waals surface area contributed by atoms with Gasteiger partial charge in [0.05, 0.1) is 4.90 Å². The van der Waals surface area contributed by atoms with Gasteiger partial charge in [-0.3, -0.25) is 4.79 Å². The van der Waals surface area contributed by atoms with Crippen molar-refractivity contribution in [2.24, 2.45) is 0 Å². The van der Waals surface area contributed by atoms with Crippen molar-refractivity contribution in [3.05, 3.63) is 23.8 Å². The number of anilines is 1. The van der Waals surface area contributed by atoms with Crippen LogP contribution in [0.4, 0.5) is 14.5 Å². The molecule has 0 aromatic heterocycles. The maximum Gasteiger partial charge on any atom is 0.265 e. The largest absolute Gasteiger partial charge is 0.399 e. The number of aliphatic hydroxyl groups is 1. The minimum absolute atomic E-state index is 0.0486. The number of carbonyl (C=O) groups is 1. The average Bonchev–Trinajstić information content (AvgIpc) is 2.33. The van der Waals surface area contributed by atoms with Crippen LogP contribution in [0, 0.1) is 0 Å². The van der Waals surface area contributed by atoms with Crippen LogP contribution in [0.15, 0.2) is 23.1 Å². The highest BCUT2D eigenvalue weighted by molar-refractivity contribution is 7.90. The molecule has 1 rings (SSSR count). The molecule has 20 heavy (non-hydrogen) atoms. The first-order valence-electron chi connectivity index (χ1n) is 5.46. The molecule has 0 spiro atoms. The Labute approximate surface area is 114 Å². The minimum atomic E-state index is -3.56. The lowest BCUT2D eigenvalue weighted by molar-refractivity contribution is -0.00270. The van der Waals surface area contributed by atoms with Crippen LogP contribution < -0.4 is 11.1 Å². The van der Waals surface area contributed by atoms with Gasteiger partial charge in [0.2, 0.25) is 0 Å². The van der Waals surface area contributed by atoms with Gasteiger partial charge in [-0.2, -0.15) is 0 Å². The average molecular weight is 308 g/mol. The van der Waals surface area contributed by atoms with Gasteiger partial charge >= 0.3 is 0 Å². The van der Waals surface area contributed by atoms with E-state index in [1.54, 1.807) is 0 Å². The van der Waals surface area contributed by atoms with Crippen LogP contribution in [0.25, 0.3) is 0 Å². The molecule has 9 heteroatoms. The molecule has 1 unspecified atom stereocenters. The number of sulfone groups is 1. The van der Waals surface area contributed by atoms with E-state index in [1.165, 1.54) is 12.1 Å². The van der Waals surface area contributed by atoms with Gasteiger partial charge in [0.1, 0.15) is 6.10 Å². The van der Waals surface area contributed by atoms with Crippen LogP contribution in [0.3, 0.4) is 0 Å². The van der Waals surface area contributed by atoms with Crippen molar-refractivity contribution in [2.45, 2.75) is 17.4 Å². The predicted molar refractivity (Wildman–Crippen MR) is 68.3 cm³/mol. The molecule has 4 N–H and O–H groups in total. The lowest BCUT2D eigenvalue weighted by Crippen LogP contribution is -2.35. The van der Waals surface area contributed by atoms with Gasteiger partial charge in [-0.1, -0.05) is 0 Å². The maximum atomic E-state index is 12.1. The van der Waals surface area contributed by atoms with Crippen molar-refractivity contribution >= 4 is 21.4 Å². The smallest absolute Gasteiger partial charge is 0.265 e. The third kappa shape index (κ3) is 4.42. The van der Waals surface area contributed by atoms with Crippen LogP contribution in [0.5, 0.6) is 0 Å². The summed E-state index contributed by atoms with van der Waals surface area (Å²) in [7, 11) is -3.56. The molecule has 0 radical (unpaired) electrons. The Hall–Kier alpha value is -1.74. The molecule has 0 heterocycles. The lowest BCUT2D eigenvalue weighted by atomic mass is 10.2. The van der Waals surface area contributed by atoms with Crippen LogP contribution in [0.1, 0.15) is 10.4 Å². The van der Waals surface area contributed by atoms with Gasteiger partial charge in [-0.25, -0.2) is 17.2 Å². The monoisotopic (exact) mass is 308 g/mol. The zero-order valence-electron chi connectivity index (χ0n) is 10.5. The van der Waals surface area contributed by atoms with E-state index in [0.29, 0.717) is 0 Å². The van der Waals surface area contributed by atoms with Crippen molar-refractivity contribution in [3.8, 4) is 0 Å². The topological polar surface area (TPSA) is 109 Å². The maximum absolute atomic E-state index is 12.1. The Balaban J connectivity index is 2.92. The van der Waals surface area contributed by atoms with Gasteiger partial charge in [-0.05, 0) is 18.2 Å². The summed E-state index contributed by atoms with van der Waals surface area (Å²) in [6, 6.07) is 3.47. The van der Waals surface area contributed by atoms with E-state index in [-0.39, 0.29) is 16.1 Å². The number of nitrogens with one attached hydrogen (secondary N) is 1. The number of halogens is 2. The highest BCUT2D eigenvalue weighted by Crippen LogP contribution is 2.16. The number of nitrogens with two attached hydrogens (primary N) is 1. The highest BCUT2D eigenvalue weighted by atomic mass is 32.2. The highest BCUT2D eigenvalue weighted by Gasteiger charge is 2.19. The summed E-state index contributed by atoms with van der Waals surface area (Å²) >= 11 is 0. The molecule has 0 saturated carbocycles. The number of aliphatic hydroxyl groups excluding tert-OH is 1. The SMILES string of the molecule is CS(=O)(=O)c1cc(N)cc(C(=O)NCC(O)C(F)F)c1. The molecule has 0 aliphatic carbocycles. The summed E-state index contributed by atoms with van der Waals surface area (Å²) in [6.45, 7) is -0.653. The number of hydrogen-bond acceptors (Lipinski definition) is 5. The van der Waals surface area contributed by atoms with Gasteiger partial charge in [0, 0.05) is 24.1 Å². The minimum Gasteiger partial charge on any atom is -0.399 e. The Bertz CT molecular complexity index is 604. The summed E-state index contributed by atoms with van der Waals surface area (Å²) in [5.74, 6) is -0.804. The van der Waals surface area contributed by atoms with Crippen molar-refractivity contribution in [1.82, 2.24) is 5.32 Å². The van der Waals surface area contributed by atoms with E-state index in [0.717, 1.165) is 12.3 Å². The number of alkyl halides is 2. The fraction of sp³-hybridized carbons (Fsp3) is 0.364. The Morgan fingerprint density at radius 3 is 2.50 bits per heavy atom. The van der Waals surface area contributed by atoms with Crippen LogP contribution in [-0.4, -0.2) is 44.8 Å². The first kappa shape index (κ1) is 16.3. The Morgan fingerprint density at radius 1 is 1.40 bits per heavy atom. The number of benzene rings is 1. The van der Waals surface area contributed by atoms with Crippen LogP contribution >= 0.6 is 0 Å². The summed E-state index contributed by atoms with van der Waals surface area (Å²) in [5, 5.41) is 10.9. The molecule has 1 atom stereocenters. The third-order valence-corrected chi connectivity index (χ3v) is 3.47. The normalized spacial score (nSPS) is 13.2. The molecule has 0 aliphatic rings. The standard InChI is InChI=1S/C11H14F2N2O4S/c1-20(18,19)8-3-6(2-7(14)4-8)11(17)15-5-9(16)10(12)13/h2-4,9-10,16H,5,14H2,1H3,(H,15,17). The van der Waals surface area contributed by atoms with Gasteiger partial charge in [-0.15, -0.1) is 0 Å². The Morgan fingerprint density at radius 2 is 2.00 bits per heavy atom. The number of carbonyl (C=O) groups excluding carboxylic acids is 1. The van der Waals surface area contributed by atoms with E-state index < -0.39 is 34.8 Å². The number of nitrogen functional groups attached to an aromatic ring is 1. The van der Waals surface area contributed by atoms with Crippen molar-refractivity contribution in [1.29, 1.82) is 0 Å². The quantitative estimate of drug-likeness (QED) is 0.665. The summed E-state index contributed by atoms with van der Waals surface area (Å²) in [6.07, 6.45) is -4.03. The van der Waals surface area contributed by atoms with Crippen molar-refractivity contribution in [2.75, 3.05) is 18.5 Å². The van der Waals surface area contributed by atoms with E-state index in [2.05, 4.69) is 5.32 Å². The molecule has 0 saturated heterocycles. The second-order valence-electron chi connectivity index (χ2n) is 4.17. The van der Waals surface area contributed by atoms with Crippen molar-refractivity contribution in [3.63, 3.8) is 0 Å². The molecule has 0 aliphatic heterocycles. The van der Waals surface area contributed by atoms with Crippen molar-refractivity contribution < 1.29 is 27.1 Å². The summed E-state index contributed by atoms with van der Waals surface area (Å²) in [5.41, 5.74) is 5.44. The molecule has 0 fully saturated rings. The molecule has 112 valence electrons. The molecule has 0 bridgehead atoms. The fourth-order valence-electron chi connectivity index (χ4n) is 1.36. The second-order valence-corrected chi connectivity index (χ2v) is 6.19. The number of hydrogen-bond donors (Lipinski definition) is 3. The van der Waals surface area contributed by atoms with E-state index in [1.807, 2.05) is 0 Å². The zero-order valence-corrected chi connectivity index (χ0v) is 11.3. The number of amides is 1. The first-order chi connectivity index (χ1) is 9.11. The lowest BCUT2D eigenvalue weighted by Gasteiger charge is -2.11. The van der Waals surface area contributed by atoms with Crippen LogP contribution in [0.2, 0.25) is 0 Å². The zero-order chi connectivity index (χ0) is 15.5. The first-order valence-corrected chi connectivity index (χ1v) is 7.35. The van der Waals surface area contributed by atoms with E-state index >= 15 is 0 Å². The third-order valence-electron chi connectivity index (χ3n) is 2.38. The van der Waals surface area contributed by atoms with Gasteiger partial charge in [0.15, 0.2) is 9.84 Å². The van der Waals surface area contributed by atoms with E-state index in [9.17, 15) is 22.0 Å².